The molecule has 2 heterocycles. The van der Waals surface area contributed by atoms with Crippen molar-refractivity contribution in [2.45, 2.75) is 12.8 Å². The number of carbonyl (C=O) groups excluding carboxylic acids is 1. The summed E-state index contributed by atoms with van der Waals surface area (Å²) in [5, 5.41) is 0. The molecular weight excluding hydrogens is 180 g/mol. The van der Waals surface area contributed by atoms with Gasteiger partial charge in [0, 0.05) is 32.0 Å². The second kappa shape index (κ2) is 3.92. The van der Waals surface area contributed by atoms with E-state index in [9.17, 15) is 4.79 Å². The summed E-state index contributed by atoms with van der Waals surface area (Å²) in [6.45, 7) is 1.33. The summed E-state index contributed by atoms with van der Waals surface area (Å²) in [5.74, 6) is 0.655. The van der Waals surface area contributed by atoms with Crippen molar-refractivity contribution in [2.75, 3.05) is 13.2 Å². The fourth-order valence-corrected chi connectivity index (χ4v) is 1.73. The molecule has 4 heteroatoms. The molecule has 0 aliphatic carbocycles. The highest BCUT2D eigenvalue weighted by atomic mass is 16.5. The van der Waals surface area contributed by atoms with E-state index in [-0.39, 0.29) is 11.7 Å². The van der Waals surface area contributed by atoms with Crippen molar-refractivity contribution in [3.05, 3.63) is 18.2 Å². The third-order valence-corrected chi connectivity index (χ3v) is 2.57. The Labute approximate surface area is 82.9 Å². The van der Waals surface area contributed by atoms with E-state index in [4.69, 9.17) is 4.74 Å². The summed E-state index contributed by atoms with van der Waals surface area (Å²) in [4.78, 5) is 16.0. The molecule has 1 atom stereocenters. The molecule has 1 aliphatic rings. The van der Waals surface area contributed by atoms with E-state index in [1.807, 2.05) is 7.05 Å². The predicted octanol–water partition coefficient (Wildman–Crippen LogP) is 1.03. The van der Waals surface area contributed by atoms with Gasteiger partial charge in [-0.2, -0.15) is 0 Å². The van der Waals surface area contributed by atoms with Crippen LogP contribution < -0.4 is 0 Å². The van der Waals surface area contributed by atoms with Gasteiger partial charge in [-0.05, 0) is 12.8 Å². The molecule has 14 heavy (non-hydrogen) atoms. The second-order valence-corrected chi connectivity index (χ2v) is 3.64. The van der Waals surface area contributed by atoms with Crippen molar-refractivity contribution in [2.24, 2.45) is 13.0 Å². The van der Waals surface area contributed by atoms with Crippen molar-refractivity contribution in [1.82, 2.24) is 9.55 Å². The van der Waals surface area contributed by atoms with Crippen LogP contribution in [0.2, 0.25) is 0 Å². The minimum atomic E-state index is 0.00449. The minimum Gasteiger partial charge on any atom is -0.381 e. The number of rotatable bonds is 2. The van der Waals surface area contributed by atoms with E-state index < -0.39 is 0 Å². The molecule has 0 spiro atoms. The standard InChI is InChI=1S/C10H14N2O2/c1-12-5-4-11-10(12)9(13)8-3-2-6-14-7-8/h4-5,8H,2-3,6-7H2,1H3/t8-/m0/s1. The molecule has 2 rings (SSSR count). The van der Waals surface area contributed by atoms with E-state index in [2.05, 4.69) is 4.98 Å². The van der Waals surface area contributed by atoms with Crippen LogP contribution in [-0.4, -0.2) is 28.5 Å². The van der Waals surface area contributed by atoms with Crippen molar-refractivity contribution in [3.63, 3.8) is 0 Å². The van der Waals surface area contributed by atoms with E-state index in [1.165, 1.54) is 0 Å². The molecule has 0 aromatic carbocycles. The molecule has 0 unspecified atom stereocenters. The Kier molecular flexibility index (Phi) is 2.63. The zero-order valence-corrected chi connectivity index (χ0v) is 8.27. The fourth-order valence-electron chi connectivity index (χ4n) is 1.73. The van der Waals surface area contributed by atoms with Gasteiger partial charge in [0.25, 0.3) is 0 Å². The van der Waals surface area contributed by atoms with E-state index >= 15 is 0 Å². The first-order chi connectivity index (χ1) is 6.79. The summed E-state index contributed by atoms with van der Waals surface area (Å²) in [6.07, 6.45) is 5.33. The largest absolute Gasteiger partial charge is 0.381 e. The molecule has 0 N–H and O–H groups in total. The fraction of sp³-hybridized carbons (Fsp3) is 0.600. The maximum absolute atomic E-state index is 11.9. The van der Waals surface area contributed by atoms with E-state index in [1.54, 1.807) is 17.0 Å². The van der Waals surface area contributed by atoms with Gasteiger partial charge in [0.1, 0.15) is 0 Å². The number of Topliss-reactive ketones (excluding diaryl/α,β-unsaturated/α-hetero) is 1. The number of carbonyl (C=O) groups is 1. The molecule has 1 fully saturated rings. The molecule has 0 bridgehead atoms. The highest BCUT2D eigenvalue weighted by molar-refractivity contribution is 5.94. The van der Waals surface area contributed by atoms with Crippen LogP contribution >= 0.6 is 0 Å². The Morgan fingerprint density at radius 3 is 3.14 bits per heavy atom. The number of aromatic nitrogens is 2. The van der Waals surface area contributed by atoms with Gasteiger partial charge in [0.15, 0.2) is 5.82 Å². The summed E-state index contributed by atoms with van der Waals surface area (Å²) < 4.78 is 7.04. The first kappa shape index (κ1) is 9.40. The van der Waals surface area contributed by atoms with E-state index in [0.717, 1.165) is 19.4 Å². The smallest absolute Gasteiger partial charge is 0.203 e. The number of ether oxygens (including phenoxy) is 1. The molecule has 1 saturated heterocycles. The average Bonchev–Trinajstić information content (AvgIpc) is 2.65. The van der Waals surface area contributed by atoms with Gasteiger partial charge >= 0.3 is 0 Å². The van der Waals surface area contributed by atoms with Crippen LogP contribution in [0.3, 0.4) is 0 Å². The van der Waals surface area contributed by atoms with Crippen molar-refractivity contribution in [3.8, 4) is 0 Å². The highest BCUT2D eigenvalue weighted by Crippen LogP contribution is 2.17. The number of hydrogen-bond acceptors (Lipinski definition) is 3. The Hall–Kier alpha value is -1.16. The summed E-state index contributed by atoms with van der Waals surface area (Å²) >= 11 is 0. The van der Waals surface area contributed by atoms with Crippen molar-refractivity contribution in [1.29, 1.82) is 0 Å². The Bertz CT molecular complexity index is 327. The Morgan fingerprint density at radius 2 is 2.57 bits per heavy atom. The molecule has 76 valence electrons. The van der Waals surface area contributed by atoms with Crippen LogP contribution in [0.25, 0.3) is 0 Å². The molecule has 1 aliphatic heterocycles. The SMILES string of the molecule is Cn1ccnc1C(=O)[C@H]1CCCOC1. The number of nitrogens with zero attached hydrogens (tertiary/aromatic N) is 2. The normalized spacial score (nSPS) is 22.2. The topological polar surface area (TPSA) is 44.1 Å². The Balaban J connectivity index is 2.11. The third kappa shape index (κ3) is 1.70. The average molecular weight is 194 g/mol. The molecule has 1 aromatic rings. The molecule has 0 radical (unpaired) electrons. The van der Waals surface area contributed by atoms with Crippen molar-refractivity contribution < 1.29 is 9.53 Å². The Morgan fingerprint density at radius 1 is 1.71 bits per heavy atom. The quantitative estimate of drug-likeness (QED) is 0.660. The van der Waals surface area contributed by atoms with Crippen LogP contribution in [0.4, 0.5) is 0 Å². The third-order valence-electron chi connectivity index (χ3n) is 2.57. The van der Waals surface area contributed by atoms with Crippen LogP contribution in [0.15, 0.2) is 12.4 Å². The number of ketones is 1. The second-order valence-electron chi connectivity index (χ2n) is 3.64. The molecular formula is C10H14N2O2. The van der Waals surface area contributed by atoms with Gasteiger partial charge in [0.05, 0.1) is 6.61 Å². The lowest BCUT2D eigenvalue weighted by Crippen LogP contribution is -2.27. The van der Waals surface area contributed by atoms with E-state index in [0.29, 0.717) is 12.4 Å². The predicted molar refractivity (Wildman–Crippen MR) is 51.1 cm³/mol. The van der Waals surface area contributed by atoms with Crippen LogP contribution in [0, 0.1) is 5.92 Å². The van der Waals surface area contributed by atoms with Crippen LogP contribution in [0.1, 0.15) is 23.5 Å². The first-order valence-electron chi connectivity index (χ1n) is 4.88. The number of aryl methyl sites for hydroxylation is 1. The summed E-state index contributed by atoms with van der Waals surface area (Å²) in [5.41, 5.74) is 0. The summed E-state index contributed by atoms with van der Waals surface area (Å²) in [7, 11) is 1.84. The molecule has 4 nitrogen and oxygen atoms in total. The lowest BCUT2D eigenvalue weighted by atomic mass is 9.97. The monoisotopic (exact) mass is 194 g/mol. The number of hydrogen-bond donors (Lipinski definition) is 0. The zero-order valence-electron chi connectivity index (χ0n) is 8.27. The minimum absolute atomic E-state index is 0.00449. The lowest BCUT2D eigenvalue weighted by Gasteiger charge is -2.20. The van der Waals surface area contributed by atoms with Gasteiger partial charge in [0.2, 0.25) is 5.78 Å². The number of imidazole rings is 1. The first-order valence-corrected chi connectivity index (χ1v) is 4.88. The summed E-state index contributed by atoms with van der Waals surface area (Å²) in [6, 6.07) is 0. The van der Waals surface area contributed by atoms with Crippen LogP contribution in [-0.2, 0) is 11.8 Å². The van der Waals surface area contributed by atoms with Gasteiger partial charge in [-0.3, -0.25) is 4.79 Å². The maximum atomic E-state index is 11.9. The van der Waals surface area contributed by atoms with Gasteiger partial charge in [-0.25, -0.2) is 4.98 Å². The molecule has 0 amide bonds. The van der Waals surface area contributed by atoms with Gasteiger partial charge in [-0.15, -0.1) is 0 Å². The van der Waals surface area contributed by atoms with Gasteiger partial charge < -0.3 is 9.30 Å². The molecule has 1 aromatic heterocycles. The zero-order chi connectivity index (χ0) is 9.97. The lowest BCUT2D eigenvalue weighted by molar-refractivity contribution is 0.0452. The van der Waals surface area contributed by atoms with Crippen LogP contribution in [0.5, 0.6) is 0 Å². The van der Waals surface area contributed by atoms with Gasteiger partial charge in [-0.1, -0.05) is 0 Å². The highest BCUT2D eigenvalue weighted by Gasteiger charge is 2.25. The van der Waals surface area contributed by atoms with Crippen molar-refractivity contribution >= 4 is 5.78 Å². The molecule has 0 saturated carbocycles. The maximum Gasteiger partial charge on any atom is 0.203 e.